The second-order valence-corrected chi connectivity index (χ2v) is 6.02. The summed E-state index contributed by atoms with van der Waals surface area (Å²) in [5.41, 5.74) is -0.632. The molecule has 0 heterocycles. The summed E-state index contributed by atoms with van der Waals surface area (Å²) in [7, 11) is 0. The van der Waals surface area contributed by atoms with Crippen LogP contribution in [0.1, 0.15) is 25.8 Å². The van der Waals surface area contributed by atoms with E-state index in [4.69, 9.17) is 4.74 Å². The lowest BCUT2D eigenvalue weighted by Crippen LogP contribution is -2.48. The third-order valence-electron chi connectivity index (χ3n) is 4.41. The molecule has 0 bridgehead atoms. The number of amides is 1. The van der Waals surface area contributed by atoms with Gasteiger partial charge in [-0.25, -0.2) is 4.39 Å². The van der Waals surface area contributed by atoms with Crippen molar-refractivity contribution in [3.05, 3.63) is 66.0 Å². The van der Waals surface area contributed by atoms with E-state index in [0.717, 1.165) is 0 Å². The molecular weight excluding hydrogens is 337 g/mol. The quantitative estimate of drug-likeness (QED) is 0.759. The normalized spacial score (nSPS) is 14.1. The van der Waals surface area contributed by atoms with Gasteiger partial charge >= 0.3 is 5.97 Å². The van der Waals surface area contributed by atoms with Crippen LogP contribution >= 0.6 is 0 Å². The smallest absolute Gasteiger partial charge is 0.315 e. The van der Waals surface area contributed by atoms with Crippen LogP contribution in [-0.2, 0) is 15.0 Å². The van der Waals surface area contributed by atoms with Crippen LogP contribution in [0.5, 0.6) is 5.75 Å². The maximum absolute atomic E-state index is 13.6. The maximum Gasteiger partial charge on any atom is 0.315 e. The summed E-state index contributed by atoms with van der Waals surface area (Å²) in [5.74, 6) is -2.12. The zero-order valence-electron chi connectivity index (χ0n) is 14.7. The van der Waals surface area contributed by atoms with Gasteiger partial charge in [-0.1, -0.05) is 49.4 Å². The molecule has 0 aliphatic carbocycles. The highest BCUT2D eigenvalue weighted by atomic mass is 19.1. The van der Waals surface area contributed by atoms with Crippen LogP contribution in [0.25, 0.3) is 0 Å². The van der Waals surface area contributed by atoms with Crippen LogP contribution < -0.4 is 10.1 Å². The molecule has 0 fully saturated rings. The third-order valence-corrected chi connectivity index (χ3v) is 4.41. The molecule has 2 aromatic rings. The van der Waals surface area contributed by atoms with Crippen LogP contribution in [0.3, 0.4) is 0 Å². The Kier molecular flexibility index (Phi) is 6.33. The number of hydrogen-bond donors (Lipinski definition) is 2. The van der Waals surface area contributed by atoms with E-state index in [-0.39, 0.29) is 12.3 Å². The van der Waals surface area contributed by atoms with Crippen molar-refractivity contribution in [2.45, 2.75) is 31.8 Å². The van der Waals surface area contributed by atoms with E-state index in [9.17, 15) is 19.1 Å². The van der Waals surface area contributed by atoms with E-state index in [1.165, 1.54) is 25.1 Å². The Morgan fingerprint density at radius 2 is 1.77 bits per heavy atom. The standard InChI is InChI=1S/C20H22FNO4/c1-3-20(19(24)25,15-9-5-4-6-10-15)13-22-18(23)14(2)26-17-12-8-7-11-16(17)21/h4-12,14H,3,13H2,1-2H3,(H,22,23)(H,24,25). The van der Waals surface area contributed by atoms with Gasteiger partial charge < -0.3 is 15.2 Å². The highest BCUT2D eigenvalue weighted by Crippen LogP contribution is 2.28. The number of aliphatic carboxylic acids is 1. The molecule has 0 saturated carbocycles. The van der Waals surface area contributed by atoms with Crippen LogP contribution in [0, 0.1) is 5.82 Å². The number of para-hydroxylation sites is 1. The van der Waals surface area contributed by atoms with Crippen molar-refractivity contribution in [3.8, 4) is 5.75 Å². The van der Waals surface area contributed by atoms with Crippen molar-refractivity contribution in [1.82, 2.24) is 5.32 Å². The minimum atomic E-state index is -1.24. The zero-order valence-corrected chi connectivity index (χ0v) is 14.7. The Morgan fingerprint density at radius 1 is 1.15 bits per heavy atom. The first-order valence-electron chi connectivity index (χ1n) is 8.38. The second-order valence-electron chi connectivity index (χ2n) is 6.02. The highest BCUT2D eigenvalue weighted by Gasteiger charge is 2.39. The van der Waals surface area contributed by atoms with Crippen molar-refractivity contribution in [3.63, 3.8) is 0 Å². The van der Waals surface area contributed by atoms with Crippen molar-refractivity contribution in [1.29, 1.82) is 0 Å². The number of ether oxygens (including phenoxy) is 1. The second kappa shape index (κ2) is 8.47. The largest absolute Gasteiger partial charge is 0.481 e. The van der Waals surface area contributed by atoms with Crippen molar-refractivity contribution in [2.24, 2.45) is 0 Å². The molecule has 1 amide bonds. The fraction of sp³-hybridized carbons (Fsp3) is 0.300. The van der Waals surface area contributed by atoms with Gasteiger partial charge in [0.05, 0.1) is 0 Å². The number of carboxylic acid groups (broad SMARTS) is 1. The third kappa shape index (κ3) is 4.20. The summed E-state index contributed by atoms with van der Waals surface area (Å²) in [6.07, 6.45) is -0.666. The number of carbonyl (C=O) groups excluding carboxylic acids is 1. The minimum absolute atomic E-state index is 0.0294. The summed E-state index contributed by atoms with van der Waals surface area (Å²) >= 11 is 0. The van der Waals surface area contributed by atoms with Crippen LogP contribution in [0.15, 0.2) is 54.6 Å². The van der Waals surface area contributed by atoms with E-state index in [1.54, 1.807) is 43.3 Å². The molecule has 2 rings (SSSR count). The number of nitrogens with one attached hydrogen (secondary N) is 1. The highest BCUT2D eigenvalue weighted by molar-refractivity contribution is 5.85. The van der Waals surface area contributed by atoms with Gasteiger partial charge in [0.2, 0.25) is 0 Å². The van der Waals surface area contributed by atoms with Gasteiger partial charge in [0.25, 0.3) is 5.91 Å². The first-order valence-corrected chi connectivity index (χ1v) is 8.38. The molecule has 5 nitrogen and oxygen atoms in total. The first-order chi connectivity index (χ1) is 12.4. The Bertz CT molecular complexity index is 765. The lowest BCUT2D eigenvalue weighted by molar-refractivity contribution is -0.144. The summed E-state index contributed by atoms with van der Waals surface area (Å²) < 4.78 is 19.0. The summed E-state index contributed by atoms with van der Waals surface area (Å²) in [6, 6.07) is 14.6. The Hall–Kier alpha value is -2.89. The molecule has 0 aromatic heterocycles. The average Bonchev–Trinajstić information content (AvgIpc) is 2.65. The number of carboxylic acids is 1. The van der Waals surface area contributed by atoms with E-state index in [0.29, 0.717) is 12.0 Å². The van der Waals surface area contributed by atoms with Gasteiger partial charge in [-0.2, -0.15) is 0 Å². The molecule has 2 atom stereocenters. The number of halogens is 1. The fourth-order valence-electron chi connectivity index (χ4n) is 2.70. The maximum atomic E-state index is 13.6. The minimum Gasteiger partial charge on any atom is -0.481 e. The number of carbonyl (C=O) groups is 2. The molecule has 0 radical (unpaired) electrons. The zero-order chi connectivity index (χ0) is 19.2. The Labute approximate surface area is 151 Å². The van der Waals surface area contributed by atoms with Crippen molar-refractivity contribution < 1.29 is 23.8 Å². The molecule has 0 aliphatic rings. The molecule has 6 heteroatoms. The fourth-order valence-corrected chi connectivity index (χ4v) is 2.70. The number of hydrogen-bond acceptors (Lipinski definition) is 3. The molecule has 2 N–H and O–H groups in total. The van der Waals surface area contributed by atoms with E-state index >= 15 is 0 Å². The summed E-state index contributed by atoms with van der Waals surface area (Å²) in [6.45, 7) is 3.15. The Balaban J connectivity index is 2.10. The lowest BCUT2D eigenvalue weighted by atomic mass is 9.78. The Morgan fingerprint density at radius 3 is 2.35 bits per heavy atom. The molecule has 0 spiro atoms. The van der Waals surface area contributed by atoms with Gasteiger partial charge in [0.15, 0.2) is 17.7 Å². The molecule has 138 valence electrons. The number of rotatable bonds is 8. The average molecular weight is 359 g/mol. The summed E-state index contributed by atoms with van der Waals surface area (Å²) in [4.78, 5) is 24.3. The van der Waals surface area contributed by atoms with E-state index in [2.05, 4.69) is 5.32 Å². The van der Waals surface area contributed by atoms with E-state index in [1.807, 2.05) is 0 Å². The molecule has 2 unspecified atom stereocenters. The van der Waals surface area contributed by atoms with Gasteiger partial charge in [-0.05, 0) is 31.0 Å². The van der Waals surface area contributed by atoms with Crippen LogP contribution in [0.2, 0.25) is 0 Å². The lowest BCUT2D eigenvalue weighted by Gasteiger charge is -2.29. The molecule has 0 saturated heterocycles. The predicted octanol–water partition coefficient (Wildman–Crippen LogP) is 3.14. The molecule has 26 heavy (non-hydrogen) atoms. The summed E-state index contributed by atoms with van der Waals surface area (Å²) in [5, 5.41) is 12.4. The molecular formula is C20H22FNO4. The predicted molar refractivity (Wildman–Crippen MR) is 95.5 cm³/mol. The molecule has 0 aliphatic heterocycles. The van der Waals surface area contributed by atoms with Gasteiger partial charge in [0.1, 0.15) is 5.41 Å². The van der Waals surface area contributed by atoms with Crippen molar-refractivity contribution >= 4 is 11.9 Å². The number of benzene rings is 2. The topological polar surface area (TPSA) is 75.6 Å². The van der Waals surface area contributed by atoms with Crippen molar-refractivity contribution in [2.75, 3.05) is 6.54 Å². The monoisotopic (exact) mass is 359 g/mol. The first kappa shape index (κ1) is 19.4. The SMILES string of the molecule is CCC(CNC(=O)C(C)Oc1ccccc1F)(C(=O)O)c1ccccc1. The van der Waals surface area contributed by atoms with Gasteiger partial charge in [-0.3, -0.25) is 9.59 Å². The van der Waals surface area contributed by atoms with Crippen LogP contribution in [0.4, 0.5) is 4.39 Å². The molecule has 2 aromatic carbocycles. The van der Waals surface area contributed by atoms with Gasteiger partial charge in [0, 0.05) is 6.54 Å². The van der Waals surface area contributed by atoms with E-state index < -0.39 is 29.2 Å². The van der Waals surface area contributed by atoms with Gasteiger partial charge in [-0.15, -0.1) is 0 Å². The van der Waals surface area contributed by atoms with Crippen LogP contribution in [-0.4, -0.2) is 29.6 Å².